The van der Waals surface area contributed by atoms with Gasteiger partial charge in [0.05, 0.1) is 22.4 Å². The summed E-state index contributed by atoms with van der Waals surface area (Å²) in [6.07, 6.45) is 1.77. The number of ether oxygens (including phenoxy) is 1. The summed E-state index contributed by atoms with van der Waals surface area (Å²) in [7, 11) is -1.80. The molecule has 1 heterocycles. The minimum Gasteiger partial charge on any atom is -0.384 e. The van der Waals surface area contributed by atoms with Crippen molar-refractivity contribution in [2.45, 2.75) is 18.6 Å². The highest BCUT2D eigenvalue weighted by molar-refractivity contribution is 7.88. The van der Waals surface area contributed by atoms with Crippen LogP contribution in [0.2, 0.25) is 10.0 Å². The Hall–Kier alpha value is -0.0800. The number of sulfonamides is 1. The van der Waals surface area contributed by atoms with Gasteiger partial charge in [0.2, 0.25) is 10.0 Å². The van der Waals surface area contributed by atoms with Crippen LogP contribution in [0.3, 0.4) is 0 Å². The van der Waals surface area contributed by atoms with Gasteiger partial charge in [0.1, 0.15) is 0 Å². The van der Waals surface area contributed by atoms with Gasteiger partial charge < -0.3 is 10.1 Å². The number of hydrogen-bond acceptors (Lipinski definition) is 4. The first-order valence-electron chi connectivity index (χ1n) is 7.47. The fraction of sp³-hybridized carbons (Fsp3) is 0.600. The average molecular weight is 418 g/mol. The molecule has 2 N–H and O–H groups in total. The van der Waals surface area contributed by atoms with Crippen molar-refractivity contribution < 1.29 is 13.2 Å². The van der Waals surface area contributed by atoms with Crippen molar-refractivity contribution >= 4 is 45.6 Å². The lowest BCUT2D eigenvalue weighted by molar-refractivity contribution is 0.0577. The van der Waals surface area contributed by atoms with Crippen molar-refractivity contribution in [3.8, 4) is 0 Å². The minimum absolute atomic E-state index is 0. The minimum atomic E-state index is -3.45. The molecule has 0 atom stereocenters. The highest BCUT2D eigenvalue weighted by Gasteiger charge is 2.33. The van der Waals surface area contributed by atoms with E-state index in [1.165, 1.54) is 0 Å². The Morgan fingerprint density at radius 1 is 1.25 bits per heavy atom. The lowest BCUT2D eigenvalue weighted by atomic mass is 9.80. The van der Waals surface area contributed by atoms with Crippen LogP contribution in [0, 0.1) is 5.41 Å². The topological polar surface area (TPSA) is 67.4 Å². The van der Waals surface area contributed by atoms with E-state index in [1.54, 1.807) is 25.3 Å². The third-order valence-corrected chi connectivity index (χ3v) is 6.16. The van der Waals surface area contributed by atoms with Gasteiger partial charge in [-0.3, -0.25) is 0 Å². The third-order valence-electron chi connectivity index (χ3n) is 4.12. The van der Waals surface area contributed by atoms with Crippen LogP contribution in [0.4, 0.5) is 0 Å². The molecule has 24 heavy (non-hydrogen) atoms. The van der Waals surface area contributed by atoms with Crippen LogP contribution in [0.15, 0.2) is 18.2 Å². The molecular formula is C15H23Cl3N2O3S. The molecule has 0 bridgehead atoms. The van der Waals surface area contributed by atoms with Gasteiger partial charge >= 0.3 is 0 Å². The molecule has 138 valence electrons. The van der Waals surface area contributed by atoms with Crippen LogP contribution >= 0.6 is 35.6 Å². The molecule has 1 aromatic carbocycles. The van der Waals surface area contributed by atoms with Crippen molar-refractivity contribution in [1.82, 2.24) is 10.0 Å². The van der Waals surface area contributed by atoms with E-state index in [1.807, 2.05) is 0 Å². The molecule has 1 aliphatic rings. The maximum Gasteiger partial charge on any atom is 0.215 e. The maximum absolute atomic E-state index is 12.3. The summed E-state index contributed by atoms with van der Waals surface area (Å²) in [5.41, 5.74) is 0.461. The van der Waals surface area contributed by atoms with E-state index < -0.39 is 10.0 Å². The number of hydrogen-bond donors (Lipinski definition) is 2. The van der Waals surface area contributed by atoms with Crippen LogP contribution in [-0.4, -0.2) is 41.8 Å². The molecule has 1 saturated heterocycles. The van der Waals surface area contributed by atoms with E-state index in [0.29, 0.717) is 28.8 Å². The molecule has 0 spiro atoms. The monoisotopic (exact) mass is 416 g/mol. The highest BCUT2D eigenvalue weighted by atomic mass is 35.5. The Morgan fingerprint density at radius 3 is 2.50 bits per heavy atom. The summed E-state index contributed by atoms with van der Waals surface area (Å²) in [5, 5.41) is 4.05. The van der Waals surface area contributed by atoms with Crippen LogP contribution < -0.4 is 10.0 Å². The van der Waals surface area contributed by atoms with E-state index >= 15 is 0 Å². The van der Waals surface area contributed by atoms with E-state index in [2.05, 4.69) is 10.0 Å². The smallest absolute Gasteiger partial charge is 0.215 e. The second-order valence-electron chi connectivity index (χ2n) is 6.01. The van der Waals surface area contributed by atoms with Crippen molar-refractivity contribution in [2.75, 3.05) is 33.4 Å². The number of piperidine rings is 1. The molecule has 0 unspecified atom stereocenters. The number of nitrogens with one attached hydrogen (secondary N) is 2. The van der Waals surface area contributed by atoms with E-state index in [9.17, 15) is 8.42 Å². The number of methoxy groups -OCH3 is 1. The van der Waals surface area contributed by atoms with Crippen LogP contribution in [0.25, 0.3) is 0 Å². The molecule has 0 aliphatic carbocycles. The Morgan fingerprint density at radius 2 is 1.92 bits per heavy atom. The predicted molar refractivity (Wildman–Crippen MR) is 101 cm³/mol. The molecule has 1 aliphatic heterocycles. The molecule has 2 rings (SSSR count). The molecule has 9 heteroatoms. The van der Waals surface area contributed by atoms with Crippen molar-refractivity contribution in [3.63, 3.8) is 0 Å². The van der Waals surface area contributed by atoms with Crippen molar-refractivity contribution in [3.05, 3.63) is 33.8 Å². The Labute approximate surface area is 159 Å². The van der Waals surface area contributed by atoms with E-state index in [0.717, 1.165) is 25.9 Å². The predicted octanol–water partition coefficient (Wildman–Crippen LogP) is 2.85. The number of benzene rings is 1. The molecule has 5 nitrogen and oxygen atoms in total. The summed E-state index contributed by atoms with van der Waals surface area (Å²) in [5.74, 6) is -0.120. The van der Waals surface area contributed by atoms with Crippen LogP contribution in [0.5, 0.6) is 0 Å². The summed E-state index contributed by atoms with van der Waals surface area (Å²) in [6, 6.07) is 4.86. The summed E-state index contributed by atoms with van der Waals surface area (Å²) in [6.45, 7) is 2.67. The Kier molecular flexibility index (Phi) is 8.76. The summed E-state index contributed by atoms with van der Waals surface area (Å²) < 4.78 is 32.7. The first kappa shape index (κ1) is 22.0. The molecule has 0 amide bonds. The average Bonchev–Trinajstić information content (AvgIpc) is 2.50. The second kappa shape index (κ2) is 9.57. The first-order chi connectivity index (χ1) is 10.9. The molecule has 1 aromatic rings. The lowest BCUT2D eigenvalue weighted by Crippen LogP contribution is -2.47. The Balaban J connectivity index is 0.00000288. The van der Waals surface area contributed by atoms with Gasteiger partial charge in [-0.25, -0.2) is 13.1 Å². The van der Waals surface area contributed by atoms with E-state index in [4.69, 9.17) is 27.9 Å². The largest absolute Gasteiger partial charge is 0.384 e. The zero-order valence-corrected chi connectivity index (χ0v) is 16.6. The van der Waals surface area contributed by atoms with Crippen molar-refractivity contribution in [2.24, 2.45) is 5.41 Å². The molecular weight excluding hydrogens is 395 g/mol. The van der Waals surface area contributed by atoms with Gasteiger partial charge in [-0.05, 0) is 43.6 Å². The van der Waals surface area contributed by atoms with Gasteiger partial charge in [0.15, 0.2) is 0 Å². The van der Waals surface area contributed by atoms with Gasteiger partial charge in [-0.2, -0.15) is 0 Å². The highest BCUT2D eigenvalue weighted by Crippen LogP contribution is 2.29. The standard InChI is InChI=1S/C15H22Cl2N2O3S.ClH/c1-22-11-15(4-6-18-7-5-15)10-19-23(20,21)9-12-2-3-13(16)14(17)8-12;/h2-3,8,18-19H,4-7,9-11H2,1H3;1H. The molecule has 1 fully saturated rings. The Bertz CT molecular complexity index is 629. The van der Waals surface area contributed by atoms with Gasteiger partial charge in [0.25, 0.3) is 0 Å². The second-order valence-corrected chi connectivity index (χ2v) is 8.63. The summed E-state index contributed by atoms with van der Waals surface area (Å²) in [4.78, 5) is 0. The summed E-state index contributed by atoms with van der Waals surface area (Å²) >= 11 is 11.8. The number of rotatable bonds is 7. The lowest BCUT2D eigenvalue weighted by Gasteiger charge is -2.37. The van der Waals surface area contributed by atoms with Crippen LogP contribution in [-0.2, 0) is 20.5 Å². The molecule has 0 aromatic heterocycles. The molecule has 0 radical (unpaired) electrons. The molecule has 0 saturated carbocycles. The first-order valence-corrected chi connectivity index (χ1v) is 9.88. The van der Waals surface area contributed by atoms with Gasteiger partial charge in [-0.1, -0.05) is 29.3 Å². The fourth-order valence-electron chi connectivity index (χ4n) is 2.80. The maximum atomic E-state index is 12.3. The fourth-order valence-corrected chi connectivity index (χ4v) is 4.37. The zero-order valence-electron chi connectivity index (χ0n) is 13.5. The SMILES string of the molecule is COCC1(CNS(=O)(=O)Cc2ccc(Cl)c(Cl)c2)CCNCC1.Cl. The van der Waals surface area contributed by atoms with Gasteiger partial charge in [0, 0.05) is 19.1 Å². The number of halogens is 3. The van der Waals surface area contributed by atoms with Gasteiger partial charge in [-0.15, -0.1) is 12.4 Å². The third kappa shape index (κ3) is 6.33. The zero-order chi connectivity index (χ0) is 16.9. The van der Waals surface area contributed by atoms with Crippen molar-refractivity contribution in [1.29, 1.82) is 0 Å². The normalized spacial score (nSPS) is 17.3. The van der Waals surface area contributed by atoms with Crippen LogP contribution in [0.1, 0.15) is 18.4 Å². The quantitative estimate of drug-likeness (QED) is 0.716. The van der Waals surface area contributed by atoms with E-state index in [-0.39, 0.29) is 23.6 Å².